The first kappa shape index (κ1) is 13.4. The molecular formula is C13H16N2O4. The van der Waals surface area contributed by atoms with Crippen molar-refractivity contribution < 1.29 is 19.4 Å². The Morgan fingerprint density at radius 1 is 1.42 bits per heavy atom. The summed E-state index contributed by atoms with van der Waals surface area (Å²) in [5, 5.41) is 9.18. The minimum Gasteiger partial charge on any atom is -0.444 e. The van der Waals surface area contributed by atoms with Gasteiger partial charge in [0, 0.05) is 13.6 Å². The Hall–Kier alpha value is -2.08. The molecule has 1 saturated heterocycles. The second-order valence-corrected chi connectivity index (χ2v) is 4.41. The van der Waals surface area contributed by atoms with Crippen LogP contribution in [0, 0.1) is 0 Å². The summed E-state index contributed by atoms with van der Waals surface area (Å²) in [4.78, 5) is 26.0. The monoisotopic (exact) mass is 264 g/mol. The minimum atomic E-state index is -0.725. The topological polar surface area (TPSA) is 70.1 Å². The van der Waals surface area contributed by atoms with Crippen LogP contribution in [0.4, 0.5) is 9.59 Å². The molecule has 19 heavy (non-hydrogen) atoms. The van der Waals surface area contributed by atoms with Gasteiger partial charge in [0.15, 0.2) is 0 Å². The molecule has 2 rings (SSSR count). The number of urea groups is 1. The van der Waals surface area contributed by atoms with E-state index in [0.29, 0.717) is 6.54 Å². The molecule has 0 radical (unpaired) electrons. The molecule has 6 nitrogen and oxygen atoms in total. The van der Waals surface area contributed by atoms with Crippen molar-refractivity contribution in [1.29, 1.82) is 0 Å². The van der Waals surface area contributed by atoms with E-state index in [2.05, 4.69) is 0 Å². The zero-order chi connectivity index (χ0) is 13.8. The van der Waals surface area contributed by atoms with Gasteiger partial charge in [-0.3, -0.25) is 0 Å². The fourth-order valence-electron chi connectivity index (χ4n) is 1.97. The van der Waals surface area contributed by atoms with Gasteiger partial charge in [0.05, 0.1) is 12.6 Å². The Labute approximate surface area is 111 Å². The molecule has 0 spiro atoms. The lowest BCUT2D eigenvalue weighted by molar-refractivity contribution is 0.0900. The summed E-state index contributed by atoms with van der Waals surface area (Å²) in [7, 11) is 1.58. The number of amides is 3. The van der Waals surface area contributed by atoms with E-state index in [4.69, 9.17) is 4.74 Å². The molecule has 0 saturated carbocycles. The first-order valence-electron chi connectivity index (χ1n) is 5.99. The molecule has 1 aromatic rings. The van der Waals surface area contributed by atoms with Gasteiger partial charge in [0.25, 0.3) is 0 Å². The van der Waals surface area contributed by atoms with Crippen LogP contribution in [-0.2, 0) is 11.3 Å². The Kier molecular flexibility index (Phi) is 4.01. The van der Waals surface area contributed by atoms with E-state index in [-0.39, 0.29) is 13.2 Å². The van der Waals surface area contributed by atoms with Crippen molar-refractivity contribution in [2.24, 2.45) is 0 Å². The SMILES string of the molecule is CN1CC(CO)N(C(=O)OCc2ccccc2)C1=O. The number of benzene rings is 1. The lowest BCUT2D eigenvalue weighted by Gasteiger charge is -2.18. The Morgan fingerprint density at radius 3 is 2.74 bits per heavy atom. The van der Waals surface area contributed by atoms with Crippen LogP contribution in [-0.4, -0.2) is 53.3 Å². The number of rotatable bonds is 3. The lowest BCUT2D eigenvalue weighted by Crippen LogP contribution is -2.41. The van der Waals surface area contributed by atoms with Gasteiger partial charge < -0.3 is 14.7 Å². The van der Waals surface area contributed by atoms with E-state index in [0.717, 1.165) is 10.5 Å². The molecule has 1 heterocycles. The van der Waals surface area contributed by atoms with Gasteiger partial charge in [0.2, 0.25) is 0 Å². The van der Waals surface area contributed by atoms with E-state index in [1.807, 2.05) is 30.3 Å². The summed E-state index contributed by atoms with van der Waals surface area (Å²) < 4.78 is 5.09. The second-order valence-electron chi connectivity index (χ2n) is 4.41. The third kappa shape index (κ3) is 2.85. The smallest absolute Gasteiger partial charge is 0.418 e. The highest BCUT2D eigenvalue weighted by molar-refractivity contribution is 5.93. The molecule has 1 unspecified atom stereocenters. The van der Waals surface area contributed by atoms with E-state index >= 15 is 0 Å². The van der Waals surface area contributed by atoms with Crippen LogP contribution in [0.3, 0.4) is 0 Å². The first-order chi connectivity index (χ1) is 9.13. The predicted molar refractivity (Wildman–Crippen MR) is 67.4 cm³/mol. The van der Waals surface area contributed by atoms with Gasteiger partial charge >= 0.3 is 12.1 Å². The number of aliphatic hydroxyl groups is 1. The fraction of sp³-hybridized carbons (Fsp3) is 0.385. The minimum absolute atomic E-state index is 0.102. The van der Waals surface area contributed by atoms with Crippen molar-refractivity contribution in [3.8, 4) is 0 Å². The number of carbonyl (C=O) groups is 2. The number of hydrogen-bond acceptors (Lipinski definition) is 4. The molecule has 1 aliphatic heterocycles. The van der Waals surface area contributed by atoms with Gasteiger partial charge in [-0.15, -0.1) is 0 Å². The Morgan fingerprint density at radius 2 is 2.11 bits per heavy atom. The summed E-state index contributed by atoms with van der Waals surface area (Å²) >= 11 is 0. The van der Waals surface area contributed by atoms with Crippen LogP contribution in [0.5, 0.6) is 0 Å². The van der Waals surface area contributed by atoms with Crippen LogP contribution in [0.2, 0.25) is 0 Å². The summed E-state index contributed by atoms with van der Waals surface area (Å²) in [6.07, 6.45) is -0.725. The molecule has 1 fully saturated rings. The highest BCUT2D eigenvalue weighted by Gasteiger charge is 2.40. The van der Waals surface area contributed by atoms with E-state index in [9.17, 15) is 14.7 Å². The number of imide groups is 1. The third-order valence-corrected chi connectivity index (χ3v) is 2.99. The molecule has 1 aliphatic rings. The van der Waals surface area contributed by atoms with Gasteiger partial charge in [-0.2, -0.15) is 0 Å². The number of hydrogen-bond donors (Lipinski definition) is 1. The first-order valence-corrected chi connectivity index (χ1v) is 5.99. The maximum Gasteiger partial charge on any atom is 0.418 e. The van der Waals surface area contributed by atoms with Crippen LogP contribution >= 0.6 is 0 Å². The van der Waals surface area contributed by atoms with Crippen LogP contribution in [0.25, 0.3) is 0 Å². The van der Waals surface area contributed by atoms with Crippen LogP contribution in [0.15, 0.2) is 30.3 Å². The van der Waals surface area contributed by atoms with Crippen molar-refractivity contribution in [3.63, 3.8) is 0 Å². The molecular weight excluding hydrogens is 248 g/mol. The van der Waals surface area contributed by atoms with Crippen molar-refractivity contribution in [1.82, 2.24) is 9.80 Å². The van der Waals surface area contributed by atoms with Crippen LogP contribution in [0.1, 0.15) is 5.56 Å². The predicted octanol–water partition coefficient (Wildman–Crippen LogP) is 1.05. The summed E-state index contributed by atoms with van der Waals surface area (Å²) in [5.74, 6) is 0. The van der Waals surface area contributed by atoms with Crippen molar-refractivity contribution in [3.05, 3.63) is 35.9 Å². The molecule has 0 aliphatic carbocycles. The largest absolute Gasteiger partial charge is 0.444 e. The van der Waals surface area contributed by atoms with E-state index in [1.54, 1.807) is 7.05 Å². The highest BCUT2D eigenvalue weighted by Crippen LogP contribution is 2.16. The normalized spacial score (nSPS) is 18.8. The van der Waals surface area contributed by atoms with Gasteiger partial charge in [-0.25, -0.2) is 14.5 Å². The number of likely N-dealkylation sites (N-methyl/N-ethyl adjacent to an activating group) is 1. The average Bonchev–Trinajstić information content (AvgIpc) is 2.73. The molecule has 0 aromatic heterocycles. The highest BCUT2D eigenvalue weighted by atomic mass is 16.6. The van der Waals surface area contributed by atoms with Crippen molar-refractivity contribution in [2.75, 3.05) is 20.2 Å². The zero-order valence-electron chi connectivity index (χ0n) is 10.7. The molecule has 6 heteroatoms. The van der Waals surface area contributed by atoms with Crippen LogP contribution < -0.4 is 0 Å². The number of aliphatic hydroxyl groups excluding tert-OH is 1. The average molecular weight is 264 g/mol. The molecule has 102 valence electrons. The van der Waals surface area contributed by atoms with E-state index in [1.165, 1.54) is 4.90 Å². The second kappa shape index (κ2) is 5.71. The van der Waals surface area contributed by atoms with Gasteiger partial charge in [0.1, 0.15) is 6.61 Å². The molecule has 0 bridgehead atoms. The van der Waals surface area contributed by atoms with Crippen molar-refractivity contribution in [2.45, 2.75) is 12.6 Å². The van der Waals surface area contributed by atoms with Gasteiger partial charge in [-0.1, -0.05) is 30.3 Å². The Balaban J connectivity index is 1.97. The summed E-state index contributed by atoms with van der Waals surface area (Å²) in [6.45, 7) is 0.150. The number of carbonyl (C=O) groups excluding carboxylic acids is 2. The maximum atomic E-state index is 11.9. The summed E-state index contributed by atoms with van der Waals surface area (Å²) in [6, 6.07) is 8.22. The molecule has 1 atom stereocenters. The molecule has 3 amide bonds. The Bertz CT molecular complexity index is 463. The molecule has 1 N–H and O–H groups in total. The fourth-order valence-corrected chi connectivity index (χ4v) is 1.97. The standard InChI is InChI=1S/C13H16N2O4/c1-14-7-11(8-16)15(12(14)17)13(18)19-9-10-5-3-2-4-6-10/h2-6,11,16H,7-9H2,1H3. The van der Waals surface area contributed by atoms with E-state index < -0.39 is 18.2 Å². The van der Waals surface area contributed by atoms with Gasteiger partial charge in [-0.05, 0) is 5.56 Å². The maximum absolute atomic E-state index is 11.9. The zero-order valence-corrected chi connectivity index (χ0v) is 10.7. The molecule has 1 aromatic carbocycles. The quantitative estimate of drug-likeness (QED) is 0.886. The third-order valence-electron chi connectivity index (χ3n) is 2.99. The van der Waals surface area contributed by atoms with Crippen molar-refractivity contribution >= 4 is 12.1 Å². The number of nitrogens with zero attached hydrogens (tertiary/aromatic N) is 2. The summed E-state index contributed by atoms with van der Waals surface area (Å²) in [5.41, 5.74) is 0.844. The lowest BCUT2D eigenvalue weighted by atomic mass is 10.2. The number of ether oxygens (including phenoxy) is 1.